The van der Waals surface area contributed by atoms with Crippen LogP contribution in [0.1, 0.15) is 26.5 Å². The molecular formula is C19H15N3O4. The lowest BCUT2D eigenvalue weighted by Gasteiger charge is -2.13. The van der Waals surface area contributed by atoms with Crippen LogP contribution in [0.25, 0.3) is 10.9 Å². The Morgan fingerprint density at radius 2 is 1.73 bits per heavy atom. The second kappa shape index (κ2) is 6.11. The van der Waals surface area contributed by atoms with E-state index in [-0.39, 0.29) is 30.3 Å². The topological polar surface area (TPSA) is 92.4 Å². The fraction of sp³-hybridized carbons (Fsp3) is 0.158. The van der Waals surface area contributed by atoms with Crippen LogP contribution in [0.15, 0.2) is 47.3 Å². The van der Waals surface area contributed by atoms with E-state index in [1.54, 1.807) is 42.5 Å². The van der Waals surface area contributed by atoms with Crippen LogP contribution in [0.3, 0.4) is 0 Å². The fourth-order valence-corrected chi connectivity index (χ4v) is 3.07. The molecule has 0 atom stereocenters. The fourth-order valence-electron chi connectivity index (χ4n) is 3.07. The van der Waals surface area contributed by atoms with Gasteiger partial charge in [-0.25, -0.2) is 4.98 Å². The Kier molecular flexibility index (Phi) is 3.76. The van der Waals surface area contributed by atoms with Crippen molar-refractivity contribution < 1.29 is 14.3 Å². The average Bonchev–Trinajstić information content (AvgIpc) is 2.91. The molecule has 26 heavy (non-hydrogen) atoms. The summed E-state index contributed by atoms with van der Waals surface area (Å²) >= 11 is 0. The number of carbonyl (C=O) groups excluding carboxylic acids is 2. The highest BCUT2D eigenvalue weighted by Crippen LogP contribution is 2.22. The molecule has 130 valence electrons. The lowest BCUT2D eigenvalue weighted by Crippen LogP contribution is -2.32. The minimum Gasteiger partial charge on any atom is -0.497 e. The summed E-state index contributed by atoms with van der Waals surface area (Å²) in [7, 11) is 1.53. The number of aromatic nitrogens is 2. The summed E-state index contributed by atoms with van der Waals surface area (Å²) in [5.41, 5.74) is 1.06. The van der Waals surface area contributed by atoms with Crippen LogP contribution in [0.5, 0.6) is 5.75 Å². The van der Waals surface area contributed by atoms with Crippen molar-refractivity contribution in [1.29, 1.82) is 0 Å². The highest BCUT2D eigenvalue weighted by Gasteiger charge is 2.34. The predicted octanol–water partition coefficient (Wildman–Crippen LogP) is 1.77. The molecule has 1 aliphatic heterocycles. The van der Waals surface area contributed by atoms with Crippen LogP contribution in [0.4, 0.5) is 0 Å². The molecule has 7 nitrogen and oxygen atoms in total. The maximum absolute atomic E-state index is 12.4. The third-order valence-corrected chi connectivity index (χ3v) is 4.41. The number of methoxy groups -OCH3 is 1. The number of hydrogen-bond donors (Lipinski definition) is 1. The van der Waals surface area contributed by atoms with E-state index >= 15 is 0 Å². The normalized spacial score (nSPS) is 13.3. The zero-order valence-corrected chi connectivity index (χ0v) is 14.0. The third-order valence-electron chi connectivity index (χ3n) is 4.41. The number of nitrogens with one attached hydrogen (secondary N) is 1. The first-order chi connectivity index (χ1) is 12.6. The van der Waals surface area contributed by atoms with Gasteiger partial charge in [-0.15, -0.1) is 0 Å². The minimum atomic E-state index is -0.321. The van der Waals surface area contributed by atoms with E-state index in [0.29, 0.717) is 33.6 Å². The standard InChI is InChI=1S/C19H15N3O4/c1-26-11-6-7-15-14(10-11)17(23)21-16(20-15)8-9-22-18(24)12-4-2-3-5-13(12)19(22)25/h2-7,10H,8-9H2,1H3,(H,20,21,23). The lowest BCUT2D eigenvalue weighted by molar-refractivity contribution is 0.0655. The molecule has 1 aliphatic rings. The quantitative estimate of drug-likeness (QED) is 0.725. The largest absolute Gasteiger partial charge is 0.497 e. The molecule has 0 aliphatic carbocycles. The van der Waals surface area contributed by atoms with Crippen LogP contribution < -0.4 is 10.3 Å². The van der Waals surface area contributed by atoms with Crippen molar-refractivity contribution in [2.45, 2.75) is 6.42 Å². The summed E-state index contributed by atoms with van der Waals surface area (Å²) in [6.07, 6.45) is 0.267. The zero-order chi connectivity index (χ0) is 18.3. The van der Waals surface area contributed by atoms with Crippen molar-refractivity contribution in [2.24, 2.45) is 0 Å². The first-order valence-electron chi connectivity index (χ1n) is 8.10. The van der Waals surface area contributed by atoms with E-state index in [4.69, 9.17) is 4.74 Å². The van der Waals surface area contributed by atoms with Crippen LogP contribution in [0.2, 0.25) is 0 Å². The average molecular weight is 349 g/mol. The molecule has 3 aromatic rings. The monoisotopic (exact) mass is 349 g/mol. The smallest absolute Gasteiger partial charge is 0.261 e. The Balaban J connectivity index is 1.58. The number of carbonyl (C=O) groups is 2. The number of fused-ring (bicyclic) bond motifs is 2. The van der Waals surface area contributed by atoms with Crippen LogP contribution >= 0.6 is 0 Å². The maximum Gasteiger partial charge on any atom is 0.261 e. The zero-order valence-electron chi connectivity index (χ0n) is 14.0. The van der Waals surface area contributed by atoms with Gasteiger partial charge in [-0.2, -0.15) is 0 Å². The van der Waals surface area contributed by atoms with Crippen molar-refractivity contribution in [3.05, 3.63) is 69.8 Å². The molecule has 2 heterocycles. The van der Waals surface area contributed by atoms with Gasteiger partial charge in [0.2, 0.25) is 0 Å². The Hall–Kier alpha value is -3.48. The molecule has 0 radical (unpaired) electrons. The van der Waals surface area contributed by atoms with Crippen molar-refractivity contribution in [2.75, 3.05) is 13.7 Å². The molecule has 0 fully saturated rings. The van der Waals surface area contributed by atoms with Gasteiger partial charge in [-0.3, -0.25) is 19.3 Å². The highest BCUT2D eigenvalue weighted by molar-refractivity contribution is 6.21. The van der Waals surface area contributed by atoms with Crippen LogP contribution in [-0.4, -0.2) is 40.3 Å². The first-order valence-corrected chi connectivity index (χ1v) is 8.10. The number of rotatable bonds is 4. The van der Waals surface area contributed by atoms with Gasteiger partial charge in [0.25, 0.3) is 17.4 Å². The second-order valence-corrected chi connectivity index (χ2v) is 5.95. The minimum absolute atomic E-state index is 0.150. The van der Waals surface area contributed by atoms with Gasteiger partial charge >= 0.3 is 0 Å². The molecule has 2 amide bonds. The highest BCUT2D eigenvalue weighted by atomic mass is 16.5. The molecular weight excluding hydrogens is 334 g/mol. The Labute approximate surface area is 148 Å². The van der Waals surface area contributed by atoms with Crippen molar-refractivity contribution in [1.82, 2.24) is 14.9 Å². The number of benzene rings is 2. The Bertz CT molecular complexity index is 1070. The van der Waals surface area contributed by atoms with E-state index in [1.165, 1.54) is 12.0 Å². The van der Waals surface area contributed by atoms with Gasteiger partial charge in [-0.1, -0.05) is 12.1 Å². The maximum atomic E-state index is 12.4. The lowest BCUT2D eigenvalue weighted by atomic mass is 10.1. The Morgan fingerprint density at radius 1 is 1.04 bits per heavy atom. The molecule has 0 spiro atoms. The molecule has 2 aromatic carbocycles. The molecule has 1 aromatic heterocycles. The molecule has 0 unspecified atom stereocenters. The van der Waals surface area contributed by atoms with E-state index in [2.05, 4.69) is 9.97 Å². The van der Waals surface area contributed by atoms with Crippen LogP contribution in [-0.2, 0) is 6.42 Å². The SMILES string of the molecule is COc1ccc2nc(CCN3C(=O)c4ccccc4C3=O)[nH]c(=O)c2c1. The van der Waals surface area contributed by atoms with E-state index < -0.39 is 0 Å². The van der Waals surface area contributed by atoms with Crippen molar-refractivity contribution in [3.8, 4) is 5.75 Å². The Morgan fingerprint density at radius 3 is 2.38 bits per heavy atom. The van der Waals surface area contributed by atoms with E-state index in [0.717, 1.165) is 0 Å². The summed E-state index contributed by atoms with van der Waals surface area (Å²) in [6, 6.07) is 11.8. The summed E-state index contributed by atoms with van der Waals surface area (Å²) in [5, 5.41) is 0.425. The number of ether oxygens (including phenoxy) is 1. The number of nitrogens with zero attached hydrogens (tertiary/aromatic N) is 2. The molecule has 1 N–H and O–H groups in total. The molecule has 0 saturated heterocycles. The second-order valence-electron chi connectivity index (χ2n) is 5.95. The van der Waals surface area contributed by atoms with Gasteiger partial charge in [0.05, 0.1) is 29.1 Å². The number of amides is 2. The van der Waals surface area contributed by atoms with Gasteiger partial charge < -0.3 is 9.72 Å². The number of H-pyrrole nitrogens is 1. The molecule has 0 saturated carbocycles. The molecule has 7 heteroatoms. The number of aromatic amines is 1. The van der Waals surface area contributed by atoms with E-state index in [9.17, 15) is 14.4 Å². The summed E-state index contributed by atoms with van der Waals surface area (Å²) < 4.78 is 5.11. The van der Waals surface area contributed by atoms with Gasteiger partial charge in [0.15, 0.2) is 0 Å². The van der Waals surface area contributed by atoms with Crippen LogP contribution in [0, 0.1) is 0 Å². The summed E-state index contributed by atoms with van der Waals surface area (Å²) in [5.74, 6) is 0.352. The number of hydrogen-bond acceptors (Lipinski definition) is 5. The van der Waals surface area contributed by atoms with Gasteiger partial charge in [0, 0.05) is 13.0 Å². The first kappa shape index (κ1) is 16.0. The third kappa shape index (κ3) is 2.54. The van der Waals surface area contributed by atoms with Gasteiger partial charge in [0.1, 0.15) is 11.6 Å². The van der Waals surface area contributed by atoms with Gasteiger partial charge in [-0.05, 0) is 30.3 Å². The summed E-state index contributed by atoms with van der Waals surface area (Å²) in [6.45, 7) is 0.150. The van der Waals surface area contributed by atoms with Crippen molar-refractivity contribution >= 4 is 22.7 Å². The summed E-state index contributed by atoms with van der Waals surface area (Å²) in [4.78, 5) is 45.3. The molecule has 4 rings (SSSR count). The van der Waals surface area contributed by atoms with Crippen molar-refractivity contribution in [3.63, 3.8) is 0 Å². The molecule has 0 bridgehead atoms. The van der Waals surface area contributed by atoms with E-state index in [1.807, 2.05) is 0 Å². The number of imide groups is 1. The predicted molar refractivity (Wildman–Crippen MR) is 94.4 cm³/mol.